The fraction of sp³-hybridized carbons (Fsp3) is 0.150. The Morgan fingerprint density at radius 2 is 1.96 bits per heavy atom. The zero-order chi connectivity index (χ0) is 19.6. The Morgan fingerprint density at radius 3 is 2.70 bits per heavy atom. The van der Waals surface area contributed by atoms with Gasteiger partial charge in [-0.1, -0.05) is 29.3 Å². The molecule has 1 N–H and O–H groups in total. The van der Waals surface area contributed by atoms with Gasteiger partial charge in [0.1, 0.15) is 0 Å². The van der Waals surface area contributed by atoms with Gasteiger partial charge in [0.05, 0.1) is 5.92 Å². The van der Waals surface area contributed by atoms with Gasteiger partial charge >= 0.3 is 5.97 Å². The van der Waals surface area contributed by atoms with Crippen LogP contribution in [0, 0.1) is 0 Å². The van der Waals surface area contributed by atoms with Gasteiger partial charge in [-0.25, -0.2) is 4.79 Å². The van der Waals surface area contributed by atoms with Gasteiger partial charge in [0.25, 0.3) is 0 Å². The van der Waals surface area contributed by atoms with Crippen molar-refractivity contribution in [2.45, 2.75) is 12.8 Å². The molecule has 0 aliphatic carbocycles. The Labute approximate surface area is 165 Å². The molecule has 27 heavy (non-hydrogen) atoms. The topological polar surface area (TPSA) is 72.5 Å². The third kappa shape index (κ3) is 4.38. The summed E-state index contributed by atoms with van der Waals surface area (Å²) in [6.45, 7) is 1.37. The molecule has 138 valence electrons. The number of amides is 1. The van der Waals surface area contributed by atoms with Gasteiger partial charge in [-0.05, 0) is 54.5 Å². The average Bonchev–Trinajstić information content (AvgIpc) is 2.92. The molecule has 0 bridgehead atoms. The summed E-state index contributed by atoms with van der Waals surface area (Å²) in [6, 6.07) is 9.80. The van der Waals surface area contributed by atoms with Crippen LogP contribution >= 0.6 is 23.2 Å². The van der Waals surface area contributed by atoms with E-state index in [2.05, 4.69) is 5.32 Å². The number of esters is 1. The molecule has 0 spiro atoms. The van der Waals surface area contributed by atoms with Crippen LogP contribution in [0.25, 0.3) is 6.08 Å². The van der Waals surface area contributed by atoms with E-state index >= 15 is 0 Å². The molecular formula is C20H15Cl2NO4. The number of carbonyl (C=O) groups is 3. The summed E-state index contributed by atoms with van der Waals surface area (Å²) in [4.78, 5) is 35.8. The third-order valence-electron chi connectivity index (χ3n) is 4.20. The van der Waals surface area contributed by atoms with Crippen molar-refractivity contribution in [1.29, 1.82) is 0 Å². The summed E-state index contributed by atoms with van der Waals surface area (Å²) in [6.07, 6.45) is 2.68. The number of hydrogen-bond acceptors (Lipinski definition) is 4. The quantitative estimate of drug-likeness (QED) is 0.453. The first kappa shape index (κ1) is 19.1. The fourth-order valence-electron chi connectivity index (χ4n) is 2.65. The molecule has 2 aromatic rings. The largest absolute Gasteiger partial charge is 0.454 e. The van der Waals surface area contributed by atoms with Crippen molar-refractivity contribution in [3.63, 3.8) is 0 Å². The Bertz CT molecular complexity index is 968. The van der Waals surface area contributed by atoms with Crippen LogP contribution in [-0.2, 0) is 14.3 Å². The number of ether oxygens (including phenoxy) is 1. The van der Waals surface area contributed by atoms with Crippen molar-refractivity contribution < 1.29 is 19.1 Å². The van der Waals surface area contributed by atoms with Gasteiger partial charge in [-0.3, -0.25) is 9.59 Å². The molecule has 5 nitrogen and oxygen atoms in total. The van der Waals surface area contributed by atoms with Gasteiger partial charge in [-0.15, -0.1) is 0 Å². The Balaban J connectivity index is 1.60. The second-order valence-electron chi connectivity index (χ2n) is 6.04. The third-order valence-corrected chi connectivity index (χ3v) is 4.76. The number of halogens is 2. The highest BCUT2D eigenvalue weighted by atomic mass is 35.5. The number of ketones is 1. The van der Waals surface area contributed by atoms with E-state index in [1.165, 1.54) is 12.2 Å². The zero-order valence-electron chi connectivity index (χ0n) is 14.3. The summed E-state index contributed by atoms with van der Waals surface area (Å²) in [5.74, 6) is -1.44. The molecule has 0 unspecified atom stereocenters. The number of nitrogens with one attached hydrogen (secondary N) is 1. The number of Topliss-reactive ketones (excluding diaryl/α,β-unsaturated/α-hetero) is 1. The molecule has 1 amide bonds. The minimum absolute atomic E-state index is 0.105. The first-order valence-corrected chi connectivity index (χ1v) is 8.88. The second-order valence-corrected chi connectivity index (χ2v) is 6.89. The summed E-state index contributed by atoms with van der Waals surface area (Å²) >= 11 is 11.8. The molecule has 0 saturated heterocycles. The standard InChI is InChI=1S/C20H15Cl2NO4/c1-11-15-8-13(3-6-17(15)23-20(11)26)18(24)10-27-19(25)7-4-12-2-5-14(21)9-16(12)22/h2-9,11H,10H2,1H3,(H,23,26)/b7-4+/t11-/m0/s1. The van der Waals surface area contributed by atoms with Crippen LogP contribution in [0.3, 0.4) is 0 Å². The predicted octanol–water partition coefficient (Wildman–Crippen LogP) is 4.49. The molecule has 0 aromatic heterocycles. The SMILES string of the molecule is C[C@@H]1C(=O)Nc2ccc(C(=O)COC(=O)/C=C/c3ccc(Cl)cc3Cl)cc21. The predicted molar refractivity (Wildman–Crippen MR) is 104 cm³/mol. The lowest BCUT2D eigenvalue weighted by atomic mass is 9.99. The van der Waals surface area contributed by atoms with Crippen LogP contribution in [0.1, 0.15) is 34.3 Å². The maximum Gasteiger partial charge on any atom is 0.331 e. The van der Waals surface area contributed by atoms with Crippen LogP contribution in [0.15, 0.2) is 42.5 Å². The van der Waals surface area contributed by atoms with E-state index in [9.17, 15) is 14.4 Å². The average molecular weight is 404 g/mol. The Hall–Kier alpha value is -2.63. The monoisotopic (exact) mass is 403 g/mol. The van der Waals surface area contributed by atoms with Gasteiger partial charge in [-0.2, -0.15) is 0 Å². The lowest BCUT2D eigenvalue weighted by Crippen LogP contribution is -2.13. The maximum atomic E-state index is 12.3. The van der Waals surface area contributed by atoms with E-state index < -0.39 is 12.6 Å². The van der Waals surface area contributed by atoms with Gasteiger partial charge < -0.3 is 10.1 Å². The van der Waals surface area contributed by atoms with Crippen molar-refractivity contribution >= 4 is 52.6 Å². The number of carbonyl (C=O) groups excluding carboxylic acids is 3. The molecule has 2 aromatic carbocycles. The van der Waals surface area contributed by atoms with Crippen LogP contribution in [-0.4, -0.2) is 24.3 Å². The smallest absolute Gasteiger partial charge is 0.331 e. The Kier molecular flexibility index (Phi) is 5.63. The minimum Gasteiger partial charge on any atom is -0.454 e. The molecule has 0 saturated carbocycles. The van der Waals surface area contributed by atoms with Crippen molar-refractivity contribution in [2.24, 2.45) is 0 Å². The van der Waals surface area contributed by atoms with Crippen molar-refractivity contribution in [3.8, 4) is 0 Å². The normalized spacial score (nSPS) is 15.5. The zero-order valence-corrected chi connectivity index (χ0v) is 15.8. The molecule has 1 atom stereocenters. The number of anilines is 1. The Morgan fingerprint density at radius 1 is 1.19 bits per heavy atom. The molecule has 0 fully saturated rings. The maximum absolute atomic E-state index is 12.3. The summed E-state index contributed by atoms with van der Waals surface area (Å²) < 4.78 is 4.98. The lowest BCUT2D eigenvalue weighted by molar-refractivity contribution is -0.136. The van der Waals surface area contributed by atoms with Crippen LogP contribution in [0.4, 0.5) is 5.69 Å². The first-order valence-electron chi connectivity index (χ1n) is 8.13. The molecule has 0 radical (unpaired) electrons. The van der Waals surface area contributed by atoms with Crippen molar-refractivity contribution in [1.82, 2.24) is 0 Å². The van der Waals surface area contributed by atoms with Crippen molar-refractivity contribution in [2.75, 3.05) is 11.9 Å². The molecule has 1 heterocycles. The fourth-order valence-corrected chi connectivity index (χ4v) is 3.12. The highest BCUT2D eigenvalue weighted by molar-refractivity contribution is 6.35. The molecule has 1 aliphatic heterocycles. The number of benzene rings is 2. The van der Waals surface area contributed by atoms with E-state index in [0.29, 0.717) is 26.9 Å². The van der Waals surface area contributed by atoms with Gasteiger partial charge in [0, 0.05) is 27.4 Å². The van der Waals surface area contributed by atoms with Crippen LogP contribution in [0.5, 0.6) is 0 Å². The number of rotatable bonds is 5. The van der Waals surface area contributed by atoms with Crippen molar-refractivity contribution in [3.05, 3.63) is 69.2 Å². The van der Waals surface area contributed by atoms with Crippen LogP contribution < -0.4 is 5.32 Å². The molecule has 3 rings (SSSR count). The van der Waals surface area contributed by atoms with E-state index in [4.69, 9.17) is 27.9 Å². The number of hydrogen-bond donors (Lipinski definition) is 1. The van der Waals surface area contributed by atoms with Gasteiger partial charge in [0.15, 0.2) is 12.4 Å². The van der Waals surface area contributed by atoms with Gasteiger partial charge in [0.2, 0.25) is 5.91 Å². The highest BCUT2D eigenvalue weighted by Crippen LogP contribution is 2.32. The van der Waals surface area contributed by atoms with E-state index in [1.807, 2.05) is 0 Å². The van der Waals surface area contributed by atoms with E-state index in [1.54, 1.807) is 43.3 Å². The molecule has 7 heteroatoms. The lowest BCUT2D eigenvalue weighted by Gasteiger charge is -2.06. The summed E-state index contributed by atoms with van der Waals surface area (Å²) in [7, 11) is 0. The molecular weight excluding hydrogens is 389 g/mol. The number of fused-ring (bicyclic) bond motifs is 1. The highest BCUT2D eigenvalue weighted by Gasteiger charge is 2.27. The first-order chi connectivity index (χ1) is 12.8. The minimum atomic E-state index is -0.666. The van der Waals surface area contributed by atoms with Crippen LogP contribution in [0.2, 0.25) is 10.0 Å². The second kappa shape index (κ2) is 7.94. The summed E-state index contributed by atoms with van der Waals surface area (Å²) in [5.41, 5.74) is 2.45. The molecule has 1 aliphatic rings. The van der Waals surface area contributed by atoms with E-state index in [0.717, 1.165) is 5.56 Å². The summed E-state index contributed by atoms with van der Waals surface area (Å²) in [5, 5.41) is 3.63. The van der Waals surface area contributed by atoms with E-state index in [-0.39, 0.29) is 17.6 Å².